The van der Waals surface area contributed by atoms with Gasteiger partial charge in [0.1, 0.15) is 18.1 Å². The molecule has 1 unspecified atom stereocenters. The van der Waals surface area contributed by atoms with Gasteiger partial charge in [-0.05, 0) is 60.8 Å². The van der Waals surface area contributed by atoms with Crippen LogP contribution in [0.4, 0.5) is 0 Å². The Kier molecular flexibility index (Phi) is 3.61. The van der Waals surface area contributed by atoms with E-state index in [2.05, 4.69) is 17.4 Å². The van der Waals surface area contributed by atoms with Crippen LogP contribution in [0.5, 0.6) is 11.5 Å². The quantitative estimate of drug-likeness (QED) is 0.895. The Morgan fingerprint density at radius 3 is 2.75 bits per heavy atom. The number of ether oxygens (including phenoxy) is 1. The van der Waals surface area contributed by atoms with E-state index in [0.717, 1.165) is 24.2 Å². The van der Waals surface area contributed by atoms with Gasteiger partial charge in [0.2, 0.25) is 0 Å². The zero-order valence-electron chi connectivity index (χ0n) is 11.6. The number of aromatic hydroxyl groups is 1. The topological polar surface area (TPSA) is 41.5 Å². The standard InChI is InChI=1S/C17H19NO2/c1-18-17-9-4-13-10-15(7-8-16(13)17)20-11-12-2-5-14(19)6-3-12/h2-3,5-8,10,17-19H,4,9,11H2,1H3. The zero-order chi connectivity index (χ0) is 13.9. The van der Waals surface area contributed by atoms with Gasteiger partial charge in [0, 0.05) is 6.04 Å². The molecule has 0 fully saturated rings. The summed E-state index contributed by atoms with van der Waals surface area (Å²) in [6, 6.07) is 13.9. The van der Waals surface area contributed by atoms with E-state index in [-0.39, 0.29) is 5.75 Å². The molecule has 0 bridgehead atoms. The lowest BCUT2D eigenvalue weighted by molar-refractivity contribution is 0.305. The number of hydrogen-bond donors (Lipinski definition) is 2. The summed E-state index contributed by atoms with van der Waals surface area (Å²) < 4.78 is 5.82. The SMILES string of the molecule is CNC1CCc2cc(OCc3ccc(O)cc3)ccc21. The zero-order valence-corrected chi connectivity index (χ0v) is 11.6. The Hall–Kier alpha value is -2.00. The van der Waals surface area contributed by atoms with Crippen molar-refractivity contribution in [1.82, 2.24) is 5.32 Å². The molecule has 0 aliphatic heterocycles. The molecular formula is C17H19NO2. The molecule has 2 aromatic carbocycles. The maximum Gasteiger partial charge on any atom is 0.120 e. The molecule has 0 radical (unpaired) electrons. The van der Waals surface area contributed by atoms with Crippen LogP contribution in [0.15, 0.2) is 42.5 Å². The van der Waals surface area contributed by atoms with Crippen LogP contribution in [0.2, 0.25) is 0 Å². The van der Waals surface area contributed by atoms with Crippen molar-refractivity contribution in [1.29, 1.82) is 0 Å². The van der Waals surface area contributed by atoms with Gasteiger partial charge in [0.15, 0.2) is 0 Å². The van der Waals surface area contributed by atoms with Crippen molar-refractivity contribution in [3.8, 4) is 11.5 Å². The monoisotopic (exact) mass is 269 g/mol. The van der Waals surface area contributed by atoms with Gasteiger partial charge in [-0.15, -0.1) is 0 Å². The Morgan fingerprint density at radius 2 is 2.00 bits per heavy atom. The molecule has 3 nitrogen and oxygen atoms in total. The minimum Gasteiger partial charge on any atom is -0.508 e. The first-order chi connectivity index (χ1) is 9.76. The molecule has 1 aliphatic carbocycles. The van der Waals surface area contributed by atoms with Gasteiger partial charge in [-0.25, -0.2) is 0 Å². The van der Waals surface area contributed by atoms with Crippen molar-refractivity contribution in [2.24, 2.45) is 0 Å². The fourth-order valence-electron chi connectivity index (χ4n) is 2.74. The van der Waals surface area contributed by atoms with Crippen LogP contribution in [0.25, 0.3) is 0 Å². The lowest BCUT2D eigenvalue weighted by Gasteiger charge is -2.11. The molecule has 3 heteroatoms. The summed E-state index contributed by atoms with van der Waals surface area (Å²) in [5.74, 6) is 1.19. The van der Waals surface area contributed by atoms with Gasteiger partial charge in [-0.1, -0.05) is 18.2 Å². The van der Waals surface area contributed by atoms with E-state index < -0.39 is 0 Å². The summed E-state index contributed by atoms with van der Waals surface area (Å²) in [4.78, 5) is 0. The summed E-state index contributed by atoms with van der Waals surface area (Å²) in [5, 5.41) is 12.6. The van der Waals surface area contributed by atoms with Crippen molar-refractivity contribution in [3.63, 3.8) is 0 Å². The number of hydrogen-bond acceptors (Lipinski definition) is 3. The van der Waals surface area contributed by atoms with E-state index in [0.29, 0.717) is 12.6 Å². The van der Waals surface area contributed by atoms with Gasteiger partial charge in [0.25, 0.3) is 0 Å². The molecule has 20 heavy (non-hydrogen) atoms. The van der Waals surface area contributed by atoms with E-state index in [4.69, 9.17) is 4.74 Å². The summed E-state index contributed by atoms with van der Waals surface area (Å²) in [6.45, 7) is 0.522. The molecule has 0 saturated heterocycles. The van der Waals surface area contributed by atoms with E-state index in [9.17, 15) is 5.11 Å². The molecule has 104 valence electrons. The molecule has 0 saturated carbocycles. The highest BCUT2D eigenvalue weighted by molar-refractivity contribution is 5.40. The number of nitrogens with one attached hydrogen (secondary N) is 1. The smallest absolute Gasteiger partial charge is 0.120 e. The van der Waals surface area contributed by atoms with Crippen LogP contribution in [0.1, 0.15) is 29.2 Å². The fourth-order valence-corrected chi connectivity index (χ4v) is 2.74. The van der Waals surface area contributed by atoms with Crippen LogP contribution in [-0.2, 0) is 13.0 Å². The number of phenolic OH excluding ortho intramolecular Hbond substituents is 1. The molecule has 1 aliphatic rings. The normalized spacial score (nSPS) is 16.9. The third-order valence-corrected chi connectivity index (χ3v) is 3.88. The van der Waals surface area contributed by atoms with Crippen LogP contribution in [0, 0.1) is 0 Å². The number of benzene rings is 2. The third kappa shape index (κ3) is 2.63. The average molecular weight is 269 g/mol. The molecule has 2 aromatic rings. The van der Waals surface area contributed by atoms with Gasteiger partial charge in [-0.3, -0.25) is 0 Å². The Morgan fingerprint density at radius 1 is 1.20 bits per heavy atom. The molecule has 0 heterocycles. The number of aryl methyl sites for hydroxylation is 1. The van der Waals surface area contributed by atoms with E-state index in [1.165, 1.54) is 11.1 Å². The summed E-state index contributed by atoms with van der Waals surface area (Å²) in [5.41, 5.74) is 3.83. The summed E-state index contributed by atoms with van der Waals surface area (Å²) in [7, 11) is 2.01. The number of fused-ring (bicyclic) bond motifs is 1. The van der Waals surface area contributed by atoms with Crippen molar-refractivity contribution >= 4 is 0 Å². The highest BCUT2D eigenvalue weighted by Crippen LogP contribution is 2.33. The van der Waals surface area contributed by atoms with Crippen LogP contribution in [-0.4, -0.2) is 12.2 Å². The maximum absolute atomic E-state index is 9.25. The van der Waals surface area contributed by atoms with Gasteiger partial charge in [0.05, 0.1) is 0 Å². The second-order valence-electron chi connectivity index (χ2n) is 5.20. The van der Waals surface area contributed by atoms with Crippen LogP contribution < -0.4 is 10.1 Å². The minimum absolute atomic E-state index is 0.282. The third-order valence-electron chi connectivity index (χ3n) is 3.88. The van der Waals surface area contributed by atoms with Crippen molar-refractivity contribution in [2.45, 2.75) is 25.5 Å². The Balaban J connectivity index is 1.68. The van der Waals surface area contributed by atoms with Gasteiger partial charge >= 0.3 is 0 Å². The Bertz CT molecular complexity index is 592. The predicted molar refractivity (Wildman–Crippen MR) is 79.0 cm³/mol. The highest BCUT2D eigenvalue weighted by atomic mass is 16.5. The first kappa shape index (κ1) is 13.0. The highest BCUT2D eigenvalue weighted by Gasteiger charge is 2.20. The fraction of sp³-hybridized carbons (Fsp3) is 0.294. The first-order valence-corrected chi connectivity index (χ1v) is 6.97. The first-order valence-electron chi connectivity index (χ1n) is 6.97. The van der Waals surface area contributed by atoms with E-state index in [1.54, 1.807) is 12.1 Å². The van der Waals surface area contributed by atoms with E-state index in [1.807, 2.05) is 25.2 Å². The average Bonchev–Trinajstić information content (AvgIpc) is 2.89. The molecule has 1 atom stereocenters. The largest absolute Gasteiger partial charge is 0.508 e. The molecule has 2 N–H and O–H groups in total. The van der Waals surface area contributed by atoms with Crippen LogP contribution in [0.3, 0.4) is 0 Å². The molecular weight excluding hydrogens is 250 g/mol. The van der Waals surface area contributed by atoms with Crippen molar-refractivity contribution < 1.29 is 9.84 Å². The lowest BCUT2D eigenvalue weighted by Crippen LogP contribution is -2.12. The predicted octanol–water partition coefficient (Wildman–Crippen LogP) is 3.18. The van der Waals surface area contributed by atoms with Crippen molar-refractivity contribution in [2.75, 3.05) is 7.05 Å². The molecule has 0 aromatic heterocycles. The summed E-state index contributed by atoms with van der Waals surface area (Å²) in [6.07, 6.45) is 2.27. The number of phenols is 1. The van der Waals surface area contributed by atoms with Crippen LogP contribution >= 0.6 is 0 Å². The maximum atomic E-state index is 9.25. The summed E-state index contributed by atoms with van der Waals surface area (Å²) >= 11 is 0. The molecule has 0 spiro atoms. The van der Waals surface area contributed by atoms with Gasteiger partial charge in [-0.2, -0.15) is 0 Å². The van der Waals surface area contributed by atoms with Gasteiger partial charge < -0.3 is 15.2 Å². The lowest BCUT2D eigenvalue weighted by atomic mass is 10.1. The molecule has 3 rings (SSSR count). The Labute approximate surface area is 119 Å². The second kappa shape index (κ2) is 5.55. The van der Waals surface area contributed by atoms with E-state index >= 15 is 0 Å². The second-order valence-corrected chi connectivity index (χ2v) is 5.20. The minimum atomic E-state index is 0.282. The molecule has 0 amide bonds. The van der Waals surface area contributed by atoms with Crippen molar-refractivity contribution in [3.05, 3.63) is 59.2 Å². The number of rotatable bonds is 4.